The van der Waals surface area contributed by atoms with Crippen molar-refractivity contribution in [2.75, 3.05) is 7.11 Å². The lowest BCUT2D eigenvalue weighted by molar-refractivity contribution is 0.121. The quantitative estimate of drug-likeness (QED) is 0.222. The summed E-state index contributed by atoms with van der Waals surface area (Å²) < 4.78 is 34.3. The summed E-state index contributed by atoms with van der Waals surface area (Å²) in [6.45, 7) is 5.89. The number of rotatable bonds is 7. The number of aromatic amines is 1. The zero-order valence-corrected chi connectivity index (χ0v) is 23.9. The number of nitrogens with one attached hydrogen (secondary N) is 1. The largest absolute Gasteiger partial charge is 0.497 e. The van der Waals surface area contributed by atoms with Gasteiger partial charge in [0.15, 0.2) is 5.60 Å². The van der Waals surface area contributed by atoms with Crippen LogP contribution in [0, 0.1) is 5.41 Å². The maximum atomic E-state index is 14.5. The molecule has 0 saturated heterocycles. The number of sulfone groups is 1. The number of ether oxygens (including phenoxy) is 1. The number of hydrogen-bond donors (Lipinski definition) is 2. The third-order valence-corrected chi connectivity index (χ3v) is 8.71. The molecule has 0 aliphatic heterocycles. The summed E-state index contributed by atoms with van der Waals surface area (Å²) in [6, 6.07) is 32.6. The lowest BCUT2D eigenvalue weighted by Crippen LogP contribution is -2.31. The van der Waals surface area contributed by atoms with Crippen LogP contribution in [0.25, 0.3) is 15.8 Å². The van der Waals surface area contributed by atoms with Gasteiger partial charge < -0.3 is 14.8 Å². The SMILES string of the molecule is COc1ccc(S(=O)(=O)C(=CC(C)(C)C)c2c(C(O)(c3ccccc3)c3ccccc3)[nH]c3ccccc23)cc1. The molecule has 5 aromatic rings. The minimum atomic E-state index is -4.05. The molecule has 0 bridgehead atoms. The van der Waals surface area contributed by atoms with Crippen molar-refractivity contribution < 1.29 is 18.3 Å². The Labute approximate surface area is 235 Å². The van der Waals surface area contributed by atoms with Gasteiger partial charge in [0.25, 0.3) is 0 Å². The van der Waals surface area contributed by atoms with Crippen molar-refractivity contribution in [2.45, 2.75) is 31.3 Å². The fourth-order valence-corrected chi connectivity index (χ4v) is 6.78. The lowest BCUT2D eigenvalue weighted by Gasteiger charge is -2.31. The fourth-order valence-electron chi connectivity index (χ4n) is 5.04. The summed E-state index contributed by atoms with van der Waals surface area (Å²) >= 11 is 0. The van der Waals surface area contributed by atoms with E-state index in [9.17, 15) is 13.5 Å². The van der Waals surface area contributed by atoms with Gasteiger partial charge in [-0.15, -0.1) is 0 Å². The minimum absolute atomic E-state index is 0.128. The number of allylic oxidation sites excluding steroid dienone is 1. The molecule has 40 heavy (non-hydrogen) atoms. The molecular formula is C34H33NO4S. The third-order valence-electron chi connectivity index (χ3n) is 6.92. The second kappa shape index (κ2) is 10.5. The van der Waals surface area contributed by atoms with Gasteiger partial charge in [0.05, 0.1) is 22.6 Å². The van der Waals surface area contributed by atoms with Crippen molar-refractivity contribution in [1.29, 1.82) is 0 Å². The third kappa shape index (κ3) is 4.96. The van der Waals surface area contributed by atoms with E-state index >= 15 is 0 Å². The normalized spacial score (nSPS) is 13.0. The van der Waals surface area contributed by atoms with Crippen LogP contribution in [-0.4, -0.2) is 25.6 Å². The Morgan fingerprint density at radius 3 is 1.82 bits per heavy atom. The smallest absolute Gasteiger partial charge is 0.206 e. The average molecular weight is 552 g/mol. The van der Waals surface area contributed by atoms with E-state index in [1.807, 2.05) is 106 Å². The van der Waals surface area contributed by atoms with Gasteiger partial charge in [-0.2, -0.15) is 0 Å². The number of fused-ring (bicyclic) bond motifs is 1. The summed E-state index contributed by atoms with van der Waals surface area (Å²) in [4.78, 5) is 3.70. The van der Waals surface area contributed by atoms with Crippen molar-refractivity contribution in [3.05, 3.63) is 138 Å². The lowest BCUT2D eigenvalue weighted by atomic mass is 9.81. The summed E-state index contributed by atoms with van der Waals surface area (Å²) in [6.07, 6.45) is 1.78. The maximum Gasteiger partial charge on any atom is 0.206 e. The Hall–Kier alpha value is -4.13. The summed E-state index contributed by atoms with van der Waals surface area (Å²) in [7, 11) is -2.50. The molecule has 0 unspecified atom stereocenters. The number of aromatic nitrogens is 1. The van der Waals surface area contributed by atoms with Gasteiger partial charge in [0, 0.05) is 16.5 Å². The molecule has 5 rings (SSSR count). The Morgan fingerprint density at radius 2 is 1.30 bits per heavy atom. The van der Waals surface area contributed by atoms with Crippen molar-refractivity contribution in [2.24, 2.45) is 5.41 Å². The van der Waals surface area contributed by atoms with Gasteiger partial charge in [0.1, 0.15) is 5.75 Å². The number of para-hydroxylation sites is 1. The van der Waals surface area contributed by atoms with Crippen LogP contribution < -0.4 is 4.74 Å². The highest BCUT2D eigenvalue weighted by molar-refractivity contribution is 8.00. The number of benzene rings is 4. The van der Waals surface area contributed by atoms with Crippen LogP contribution in [0.15, 0.2) is 120 Å². The molecule has 4 aromatic carbocycles. The zero-order valence-electron chi connectivity index (χ0n) is 23.0. The van der Waals surface area contributed by atoms with Crippen LogP contribution in [0.1, 0.15) is 43.2 Å². The molecule has 0 aliphatic carbocycles. The zero-order chi connectivity index (χ0) is 28.5. The first-order valence-electron chi connectivity index (χ1n) is 13.1. The molecule has 0 atom stereocenters. The second-order valence-electron chi connectivity index (χ2n) is 10.9. The van der Waals surface area contributed by atoms with Crippen LogP contribution in [0.2, 0.25) is 0 Å². The second-order valence-corrected chi connectivity index (χ2v) is 12.8. The van der Waals surface area contributed by atoms with E-state index in [1.54, 1.807) is 37.5 Å². The van der Waals surface area contributed by atoms with E-state index < -0.39 is 20.9 Å². The molecule has 0 spiro atoms. The Morgan fingerprint density at radius 1 is 0.775 bits per heavy atom. The van der Waals surface area contributed by atoms with E-state index in [1.165, 1.54) is 0 Å². The molecule has 6 heteroatoms. The van der Waals surface area contributed by atoms with Crippen LogP contribution in [0.4, 0.5) is 0 Å². The van der Waals surface area contributed by atoms with Crippen LogP contribution >= 0.6 is 0 Å². The highest BCUT2D eigenvalue weighted by Crippen LogP contribution is 2.46. The van der Waals surface area contributed by atoms with E-state index in [0.29, 0.717) is 33.5 Å². The van der Waals surface area contributed by atoms with Gasteiger partial charge in [-0.25, -0.2) is 8.42 Å². The van der Waals surface area contributed by atoms with E-state index in [-0.39, 0.29) is 9.80 Å². The van der Waals surface area contributed by atoms with E-state index in [4.69, 9.17) is 4.74 Å². The molecule has 5 nitrogen and oxygen atoms in total. The first-order valence-corrected chi connectivity index (χ1v) is 14.6. The van der Waals surface area contributed by atoms with Gasteiger partial charge in [-0.1, -0.05) is 106 Å². The minimum Gasteiger partial charge on any atom is -0.497 e. The van der Waals surface area contributed by atoms with E-state index in [2.05, 4.69) is 4.98 Å². The predicted octanol–water partition coefficient (Wildman–Crippen LogP) is 7.32. The number of hydrogen-bond acceptors (Lipinski definition) is 4. The van der Waals surface area contributed by atoms with Crippen LogP contribution in [-0.2, 0) is 15.4 Å². The summed E-state index contributed by atoms with van der Waals surface area (Å²) in [5.41, 5.74) is 0.612. The number of methoxy groups -OCH3 is 1. The Bertz CT molecular complexity index is 1720. The molecule has 0 radical (unpaired) electrons. The molecule has 2 N–H and O–H groups in total. The van der Waals surface area contributed by atoms with E-state index in [0.717, 1.165) is 5.52 Å². The Balaban J connectivity index is 1.90. The van der Waals surface area contributed by atoms with Gasteiger partial charge in [0.2, 0.25) is 9.84 Å². The molecule has 204 valence electrons. The molecule has 0 aliphatic rings. The molecule has 0 amide bonds. The molecule has 1 aromatic heterocycles. The molecule has 1 heterocycles. The summed E-state index contributed by atoms with van der Waals surface area (Å²) in [5, 5.41) is 13.5. The van der Waals surface area contributed by atoms with Gasteiger partial charge >= 0.3 is 0 Å². The fraction of sp³-hybridized carbons (Fsp3) is 0.176. The first-order chi connectivity index (χ1) is 19.1. The van der Waals surface area contributed by atoms with Crippen molar-refractivity contribution in [3.8, 4) is 5.75 Å². The molecule has 0 fully saturated rings. The van der Waals surface area contributed by atoms with Crippen molar-refractivity contribution >= 4 is 25.6 Å². The molecule has 0 saturated carbocycles. The highest BCUT2D eigenvalue weighted by atomic mass is 32.2. The Kier molecular flexibility index (Phi) is 7.17. The van der Waals surface area contributed by atoms with Crippen molar-refractivity contribution in [1.82, 2.24) is 4.98 Å². The highest BCUT2D eigenvalue weighted by Gasteiger charge is 2.41. The molecular weight excluding hydrogens is 518 g/mol. The van der Waals surface area contributed by atoms with Crippen LogP contribution in [0.3, 0.4) is 0 Å². The van der Waals surface area contributed by atoms with Gasteiger partial charge in [-0.05, 0) is 46.9 Å². The first kappa shape index (κ1) is 27.4. The monoisotopic (exact) mass is 551 g/mol. The number of H-pyrrole nitrogens is 1. The summed E-state index contributed by atoms with van der Waals surface area (Å²) in [5.74, 6) is 0.565. The van der Waals surface area contributed by atoms with Gasteiger partial charge in [-0.3, -0.25) is 0 Å². The average Bonchev–Trinajstić information content (AvgIpc) is 3.35. The topological polar surface area (TPSA) is 79.4 Å². The van der Waals surface area contributed by atoms with Crippen LogP contribution in [0.5, 0.6) is 5.75 Å². The standard InChI is InChI=1S/C34H33NO4S/c1-33(2,3)23-30(40(37,38)27-21-19-26(39-4)20-22-27)31-28-17-11-12-18-29(28)35-32(31)34(36,24-13-7-5-8-14-24)25-15-9-6-10-16-25/h5-23,35-36H,1-4H3. The maximum absolute atomic E-state index is 14.5. The predicted molar refractivity (Wildman–Crippen MR) is 161 cm³/mol. The number of aliphatic hydroxyl groups is 1. The van der Waals surface area contributed by atoms with Crippen molar-refractivity contribution in [3.63, 3.8) is 0 Å².